The van der Waals surface area contributed by atoms with E-state index in [1.165, 1.54) is 12.1 Å². The molecule has 0 spiro atoms. The van der Waals surface area contributed by atoms with Crippen molar-refractivity contribution in [3.05, 3.63) is 29.8 Å². The van der Waals surface area contributed by atoms with Crippen LogP contribution in [-0.4, -0.2) is 68.5 Å². The molecular weight excluding hydrogens is 366 g/mol. The normalized spacial score (nSPS) is 23.5. The van der Waals surface area contributed by atoms with E-state index >= 15 is 0 Å². The molecule has 2 N–H and O–H groups in total. The first-order valence-electron chi connectivity index (χ1n) is 9.38. The minimum absolute atomic E-state index is 0.114. The Balaban J connectivity index is 1.57. The van der Waals surface area contributed by atoms with Gasteiger partial charge in [0.05, 0.1) is 4.90 Å². The monoisotopic (exact) mass is 393 g/mol. The molecule has 0 unspecified atom stereocenters. The van der Waals surface area contributed by atoms with Gasteiger partial charge in [-0.05, 0) is 37.0 Å². The molecule has 1 aromatic rings. The van der Waals surface area contributed by atoms with Gasteiger partial charge in [-0.3, -0.25) is 9.59 Å². The lowest BCUT2D eigenvalue weighted by atomic mass is 9.99. The minimum atomic E-state index is -3.36. The van der Waals surface area contributed by atoms with Crippen LogP contribution in [0.25, 0.3) is 0 Å². The number of nitrogens with zero attached hydrogens (tertiary/aromatic N) is 2. The Morgan fingerprint density at radius 2 is 1.78 bits per heavy atom. The molecule has 1 aliphatic heterocycles. The summed E-state index contributed by atoms with van der Waals surface area (Å²) in [6, 6.07) is 6.22. The molecule has 2 aliphatic rings. The first-order valence-corrected chi connectivity index (χ1v) is 11.3. The van der Waals surface area contributed by atoms with Crippen LogP contribution in [0.15, 0.2) is 29.2 Å². The van der Waals surface area contributed by atoms with Gasteiger partial charge in [0.15, 0.2) is 9.84 Å². The summed E-state index contributed by atoms with van der Waals surface area (Å²) in [4.78, 5) is 28.8. The van der Waals surface area contributed by atoms with Crippen molar-refractivity contribution in [3.8, 4) is 0 Å². The van der Waals surface area contributed by atoms with Crippen LogP contribution in [0.2, 0.25) is 0 Å². The van der Waals surface area contributed by atoms with Gasteiger partial charge in [0.25, 0.3) is 5.91 Å². The highest BCUT2D eigenvalue weighted by Crippen LogP contribution is 2.27. The van der Waals surface area contributed by atoms with Crippen molar-refractivity contribution < 1.29 is 18.0 Å². The van der Waals surface area contributed by atoms with Crippen LogP contribution in [-0.2, 0) is 14.6 Å². The van der Waals surface area contributed by atoms with Gasteiger partial charge < -0.3 is 15.5 Å². The molecule has 1 saturated carbocycles. The highest BCUT2D eigenvalue weighted by molar-refractivity contribution is 7.90. The van der Waals surface area contributed by atoms with E-state index in [0.29, 0.717) is 38.2 Å². The highest BCUT2D eigenvalue weighted by atomic mass is 32.2. The third-order valence-electron chi connectivity index (χ3n) is 5.58. The predicted octanol–water partition coefficient (Wildman–Crippen LogP) is 0.892. The number of benzene rings is 1. The topological polar surface area (TPSA) is 101 Å². The molecule has 1 aliphatic carbocycles. The lowest BCUT2D eigenvalue weighted by molar-refractivity contribution is -0.133. The minimum Gasteiger partial charge on any atom is -0.339 e. The third-order valence-corrected chi connectivity index (χ3v) is 6.69. The van der Waals surface area contributed by atoms with Crippen molar-refractivity contribution >= 4 is 21.7 Å². The number of piperazine rings is 1. The number of sulfone groups is 1. The maximum Gasteiger partial charge on any atom is 0.254 e. The lowest BCUT2D eigenvalue weighted by Crippen LogP contribution is -2.51. The first-order chi connectivity index (χ1) is 12.8. The second-order valence-corrected chi connectivity index (χ2v) is 9.55. The average Bonchev–Trinajstić information content (AvgIpc) is 3.05. The van der Waals surface area contributed by atoms with E-state index in [-0.39, 0.29) is 28.7 Å². The fraction of sp³-hybridized carbons (Fsp3) is 0.579. The molecule has 3 rings (SSSR count). The summed E-state index contributed by atoms with van der Waals surface area (Å²) >= 11 is 0. The maximum atomic E-state index is 12.7. The highest BCUT2D eigenvalue weighted by Gasteiger charge is 2.30. The van der Waals surface area contributed by atoms with E-state index in [1.54, 1.807) is 17.0 Å². The van der Waals surface area contributed by atoms with Crippen LogP contribution in [0, 0.1) is 5.92 Å². The molecule has 1 saturated heterocycles. The Bertz CT molecular complexity index is 816. The number of amides is 2. The zero-order valence-corrected chi connectivity index (χ0v) is 16.5. The summed E-state index contributed by atoms with van der Waals surface area (Å²) in [6.07, 6.45) is 4.71. The van der Waals surface area contributed by atoms with Crippen LogP contribution in [0.1, 0.15) is 36.0 Å². The van der Waals surface area contributed by atoms with E-state index in [2.05, 4.69) is 0 Å². The Morgan fingerprint density at radius 3 is 2.37 bits per heavy atom. The van der Waals surface area contributed by atoms with Crippen LogP contribution in [0.5, 0.6) is 0 Å². The van der Waals surface area contributed by atoms with Gasteiger partial charge in [-0.25, -0.2) is 8.42 Å². The quantitative estimate of drug-likeness (QED) is 0.819. The van der Waals surface area contributed by atoms with Crippen LogP contribution in [0.3, 0.4) is 0 Å². The van der Waals surface area contributed by atoms with Crippen molar-refractivity contribution in [1.29, 1.82) is 0 Å². The molecule has 2 atom stereocenters. The molecule has 0 aromatic heterocycles. The molecule has 148 valence electrons. The van der Waals surface area contributed by atoms with E-state index in [4.69, 9.17) is 5.73 Å². The summed E-state index contributed by atoms with van der Waals surface area (Å²) in [6.45, 7) is 1.89. The van der Waals surface area contributed by atoms with Crippen molar-refractivity contribution in [2.75, 3.05) is 32.4 Å². The molecule has 1 aromatic carbocycles. The fourth-order valence-corrected chi connectivity index (χ4v) is 4.54. The molecule has 27 heavy (non-hydrogen) atoms. The molecule has 2 amide bonds. The average molecular weight is 394 g/mol. The first kappa shape index (κ1) is 19.8. The van der Waals surface area contributed by atoms with Gasteiger partial charge in [0, 0.05) is 50.5 Å². The van der Waals surface area contributed by atoms with Gasteiger partial charge in [0.1, 0.15) is 0 Å². The number of nitrogens with two attached hydrogens (primary N) is 1. The fourth-order valence-electron chi connectivity index (χ4n) is 3.87. The standard InChI is InChI=1S/C19H27N3O4S/c1-27(25,26)16-6-2-5-15(12-16)19(24)22-10-8-21(9-11-22)18(23)13-14-4-3-7-17(14)20/h2,5-6,12,14,17H,3-4,7-11,13,20H2,1H3/t14-,17+/m0/s1. The van der Waals surface area contributed by atoms with Crippen LogP contribution >= 0.6 is 0 Å². The second-order valence-electron chi connectivity index (χ2n) is 7.53. The predicted molar refractivity (Wildman–Crippen MR) is 102 cm³/mol. The van der Waals surface area contributed by atoms with Gasteiger partial charge in [-0.1, -0.05) is 12.5 Å². The molecule has 8 heteroatoms. The van der Waals surface area contributed by atoms with Gasteiger partial charge >= 0.3 is 0 Å². The Morgan fingerprint density at radius 1 is 1.11 bits per heavy atom. The molecule has 0 radical (unpaired) electrons. The Labute approximate surface area is 160 Å². The zero-order chi connectivity index (χ0) is 19.6. The summed E-state index contributed by atoms with van der Waals surface area (Å²) in [5, 5.41) is 0. The molecule has 1 heterocycles. The molecule has 2 fully saturated rings. The maximum absolute atomic E-state index is 12.7. The lowest BCUT2D eigenvalue weighted by Gasteiger charge is -2.35. The molecule has 0 bridgehead atoms. The van der Waals surface area contributed by atoms with Crippen molar-refractivity contribution in [3.63, 3.8) is 0 Å². The molecule has 7 nitrogen and oxygen atoms in total. The number of carbonyl (C=O) groups excluding carboxylic acids is 2. The Hall–Kier alpha value is -1.93. The van der Waals surface area contributed by atoms with Crippen molar-refractivity contribution in [1.82, 2.24) is 9.80 Å². The summed E-state index contributed by atoms with van der Waals surface area (Å²) in [5.74, 6) is 0.185. The number of carbonyl (C=O) groups is 2. The SMILES string of the molecule is CS(=O)(=O)c1cccc(C(=O)N2CCN(C(=O)C[C@@H]3CCC[C@H]3N)CC2)c1. The van der Waals surface area contributed by atoms with Crippen LogP contribution in [0.4, 0.5) is 0 Å². The Kier molecular flexibility index (Phi) is 5.86. The van der Waals surface area contributed by atoms with E-state index in [0.717, 1.165) is 25.5 Å². The molecular formula is C19H27N3O4S. The van der Waals surface area contributed by atoms with Crippen molar-refractivity contribution in [2.24, 2.45) is 11.7 Å². The number of hydrogen-bond acceptors (Lipinski definition) is 5. The third kappa shape index (κ3) is 4.68. The smallest absolute Gasteiger partial charge is 0.254 e. The van der Waals surface area contributed by atoms with Gasteiger partial charge in [0.2, 0.25) is 5.91 Å². The second kappa shape index (κ2) is 7.98. The largest absolute Gasteiger partial charge is 0.339 e. The summed E-state index contributed by atoms with van der Waals surface area (Å²) in [7, 11) is -3.36. The van der Waals surface area contributed by atoms with Crippen molar-refractivity contribution in [2.45, 2.75) is 36.6 Å². The summed E-state index contributed by atoms with van der Waals surface area (Å²) < 4.78 is 23.4. The summed E-state index contributed by atoms with van der Waals surface area (Å²) in [5.41, 5.74) is 6.42. The van der Waals surface area contributed by atoms with Crippen LogP contribution < -0.4 is 5.73 Å². The van der Waals surface area contributed by atoms with Gasteiger partial charge in [-0.2, -0.15) is 0 Å². The van der Waals surface area contributed by atoms with E-state index in [9.17, 15) is 18.0 Å². The zero-order valence-electron chi connectivity index (χ0n) is 15.6. The van der Waals surface area contributed by atoms with E-state index < -0.39 is 9.84 Å². The van der Waals surface area contributed by atoms with E-state index in [1.807, 2.05) is 4.90 Å². The van der Waals surface area contributed by atoms with Gasteiger partial charge in [-0.15, -0.1) is 0 Å². The number of hydrogen-bond donors (Lipinski definition) is 1. The number of rotatable bonds is 4.